The number of carbonyl (C=O) groups excluding carboxylic acids is 1. The number of hydrogen-bond donors (Lipinski definition) is 0. The van der Waals surface area contributed by atoms with E-state index in [1.54, 1.807) is 0 Å². The highest BCUT2D eigenvalue weighted by Crippen LogP contribution is 2.19. The van der Waals surface area contributed by atoms with Gasteiger partial charge in [0.2, 0.25) is 5.91 Å². The summed E-state index contributed by atoms with van der Waals surface area (Å²) in [6.45, 7) is 4.86. The lowest BCUT2D eigenvalue weighted by Crippen LogP contribution is -2.36. The number of rotatable bonds is 6. The average Bonchev–Trinajstić information content (AvgIpc) is 3.12. The Kier molecular flexibility index (Phi) is 5.23. The Labute approximate surface area is 137 Å². The summed E-state index contributed by atoms with van der Waals surface area (Å²) in [5, 5.41) is 1.12. The number of unbranched alkanes of at least 4 members (excludes halogenated alkanes) is 1. The SMILES string of the molecule is CCCCN(Cc1cnc2ccccc2c1)C(=O)[C@H]1CCOC1. The Morgan fingerprint density at radius 2 is 2.26 bits per heavy atom. The second-order valence-corrected chi connectivity index (χ2v) is 6.21. The molecule has 1 amide bonds. The minimum atomic E-state index is 0.0280. The molecule has 0 saturated carbocycles. The first-order valence-corrected chi connectivity index (χ1v) is 8.48. The van der Waals surface area contributed by atoms with E-state index in [1.165, 1.54) is 0 Å². The highest BCUT2D eigenvalue weighted by atomic mass is 16.5. The van der Waals surface area contributed by atoms with Crippen LogP contribution in [-0.4, -0.2) is 35.5 Å². The molecular formula is C19H24N2O2. The van der Waals surface area contributed by atoms with Gasteiger partial charge >= 0.3 is 0 Å². The Bertz CT molecular complexity index is 665. The minimum Gasteiger partial charge on any atom is -0.381 e. The maximum Gasteiger partial charge on any atom is 0.228 e. The number of aromatic nitrogens is 1. The van der Waals surface area contributed by atoms with E-state index < -0.39 is 0 Å². The van der Waals surface area contributed by atoms with Crippen LogP contribution in [0.3, 0.4) is 0 Å². The molecule has 4 nitrogen and oxygen atoms in total. The van der Waals surface area contributed by atoms with E-state index in [4.69, 9.17) is 4.74 Å². The van der Waals surface area contributed by atoms with E-state index in [0.717, 1.165) is 42.3 Å². The lowest BCUT2D eigenvalue weighted by atomic mass is 10.1. The number of nitrogens with zero attached hydrogens (tertiary/aromatic N) is 2. The summed E-state index contributed by atoms with van der Waals surface area (Å²) in [5.74, 6) is 0.254. The van der Waals surface area contributed by atoms with Crippen molar-refractivity contribution in [1.82, 2.24) is 9.88 Å². The van der Waals surface area contributed by atoms with Crippen LogP contribution in [-0.2, 0) is 16.1 Å². The topological polar surface area (TPSA) is 42.4 Å². The van der Waals surface area contributed by atoms with Crippen LogP contribution < -0.4 is 0 Å². The van der Waals surface area contributed by atoms with E-state index in [9.17, 15) is 4.79 Å². The van der Waals surface area contributed by atoms with Crippen LogP contribution in [0.25, 0.3) is 10.9 Å². The van der Waals surface area contributed by atoms with E-state index in [0.29, 0.717) is 19.8 Å². The summed E-state index contributed by atoms with van der Waals surface area (Å²) < 4.78 is 5.38. The third kappa shape index (κ3) is 3.88. The molecule has 0 aliphatic carbocycles. The lowest BCUT2D eigenvalue weighted by Gasteiger charge is -2.25. The smallest absolute Gasteiger partial charge is 0.228 e. The van der Waals surface area contributed by atoms with Gasteiger partial charge in [0, 0.05) is 31.3 Å². The zero-order chi connectivity index (χ0) is 16.1. The lowest BCUT2D eigenvalue weighted by molar-refractivity contribution is -0.136. The molecule has 1 aromatic heterocycles. The largest absolute Gasteiger partial charge is 0.381 e. The van der Waals surface area contributed by atoms with Crippen LogP contribution in [0.1, 0.15) is 31.7 Å². The average molecular weight is 312 g/mol. The summed E-state index contributed by atoms with van der Waals surface area (Å²) in [7, 11) is 0. The molecule has 0 radical (unpaired) electrons. The second-order valence-electron chi connectivity index (χ2n) is 6.21. The molecule has 23 heavy (non-hydrogen) atoms. The molecule has 122 valence electrons. The molecule has 2 heterocycles. The van der Waals surface area contributed by atoms with Crippen molar-refractivity contribution >= 4 is 16.8 Å². The maximum absolute atomic E-state index is 12.7. The first-order chi connectivity index (χ1) is 11.3. The van der Waals surface area contributed by atoms with E-state index in [1.807, 2.05) is 29.3 Å². The maximum atomic E-state index is 12.7. The van der Waals surface area contributed by atoms with Gasteiger partial charge in [-0.25, -0.2) is 0 Å². The van der Waals surface area contributed by atoms with Crippen LogP contribution >= 0.6 is 0 Å². The monoisotopic (exact) mass is 312 g/mol. The van der Waals surface area contributed by atoms with Crippen molar-refractivity contribution in [2.24, 2.45) is 5.92 Å². The zero-order valence-corrected chi connectivity index (χ0v) is 13.7. The first kappa shape index (κ1) is 15.9. The van der Waals surface area contributed by atoms with Crippen molar-refractivity contribution in [3.05, 3.63) is 42.1 Å². The van der Waals surface area contributed by atoms with E-state index in [-0.39, 0.29) is 11.8 Å². The van der Waals surface area contributed by atoms with Gasteiger partial charge in [0.05, 0.1) is 18.0 Å². The van der Waals surface area contributed by atoms with Gasteiger partial charge in [0.15, 0.2) is 0 Å². The van der Waals surface area contributed by atoms with Crippen LogP contribution in [0.5, 0.6) is 0 Å². The Morgan fingerprint density at radius 1 is 1.39 bits per heavy atom. The van der Waals surface area contributed by atoms with Crippen molar-refractivity contribution in [2.75, 3.05) is 19.8 Å². The van der Waals surface area contributed by atoms with Crippen LogP contribution in [0, 0.1) is 5.92 Å². The van der Waals surface area contributed by atoms with Crippen molar-refractivity contribution in [2.45, 2.75) is 32.7 Å². The van der Waals surface area contributed by atoms with Gasteiger partial charge in [-0.1, -0.05) is 31.5 Å². The highest BCUT2D eigenvalue weighted by Gasteiger charge is 2.27. The van der Waals surface area contributed by atoms with Crippen LogP contribution in [0.4, 0.5) is 0 Å². The van der Waals surface area contributed by atoms with E-state index >= 15 is 0 Å². The fraction of sp³-hybridized carbons (Fsp3) is 0.474. The highest BCUT2D eigenvalue weighted by molar-refractivity contribution is 5.80. The Hall–Kier alpha value is -1.94. The third-order valence-corrected chi connectivity index (χ3v) is 4.39. The Morgan fingerprint density at radius 3 is 3.04 bits per heavy atom. The Balaban J connectivity index is 1.76. The molecule has 0 N–H and O–H groups in total. The van der Waals surface area contributed by atoms with Crippen LogP contribution in [0.15, 0.2) is 36.5 Å². The standard InChI is InChI=1S/C19H24N2O2/c1-2-3-9-21(19(22)17-8-10-23-14-17)13-15-11-16-6-4-5-7-18(16)20-12-15/h4-7,11-12,17H,2-3,8-10,13-14H2,1H3/t17-/m0/s1. The molecule has 1 fully saturated rings. The number of benzene rings is 1. The number of ether oxygens (including phenoxy) is 1. The molecule has 0 bridgehead atoms. The van der Waals surface area contributed by atoms with Gasteiger partial charge in [0.25, 0.3) is 0 Å². The summed E-state index contributed by atoms with van der Waals surface area (Å²) in [4.78, 5) is 19.2. The normalized spacial score (nSPS) is 17.5. The fourth-order valence-corrected chi connectivity index (χ4v) is 3.03. The third-order valence-electron chi connectivity index (χ3n) is 4.39. The van der Waals surface area contributed by atoms with Gasteiger partial charge in [-0.05, 0) is 30.5 Å². The molecule has 4 heteroatoms. The summed E-state index contributed by atoms with van der Waals surface area (Å²) in [6, 6.07) is 10.2. The van der Waals surface area contributed by atoms with Crippen molar-refractivity contribution in [3.63, 3.8) is 0 Å². The molecule has 1 atom stereocenters. The van der Waals surface area contributed by atoms with Crippen LogP contribution in [0.2, 0.25) is 0 Å². The quantitative estimate of drug-likeness (QED) is 0.821. The molecule has 3 rings (SSSR count). The van der Waals surface area contributed by atoms with Gasteiger partial charge in [-0.2, -0.15) is 0 Å². The molecule has 0 unspecified atom stereocenters. The molecule has 1 saturated heterocycles. The van der Waals surface area contributed by atoms with Gasteiger partial charge in [-0.3, -0.25) is 9.78 Å². The number of amides is 1. The molecule has 1 aromatic carbocycles. The summed E-state index contributed by atoms with van der Waals surface area (Å²) >= 11 is 0. The fourth-order valence-electron chi connectivity index (χ4n) is 3.03. The zero-order valence-electron chi connectivity index (χ0n) is 13.7. The number of hydrogen-bond acceptors (Lipinski definition) is 3. The number of fused-ring (bicyclic) bond motifs is 1. The predicted molar refractivity (Wildman–Crippen MR) is 91.0 cm³/mol. The number of pyridine rings is 1. The molecule has 2 aromatic rings. The number of para-hydroxylation sites is 1. The molecule has 1 aliphatic rings. The predicted octanol–water partition coefficient (Wildman–Crippen LogP) is 3.40. The van der Waals surface area contributed by atoms with Gasteiger partial charge in [-0.15, -0.1) is 0 Å². The van der Waals surface area contributed by atoms with Crippen molar-refractivity contribution in [3.8, 4) is 0 Å². The van der Waals surface area contributed by atoms with Gasteiger partial charge in [0.1, 0.15) is 0 Å². The first-order valence-electron chi connectivity index (χ1n) is 8.48. The van der Waals surface area contributed by atoms with Crippen molar-refractivity contribution in [1.29, 1.82) is 0 Å². The number of carbonyl (C=O) groups is 1. The minimum absolute atomic E-state index is 0.0280. The van der Waals surface area contributed by atoms with Gasteiger partial charge < -0.3 is 9.64 Å². The van der Waals surface area contributed by atoms with E-state index in [2.05, 4.69) is 24.0 Å². The van der Waals surface area contributed by atoms with Crippen molar-refractivity contribution < 1.29 is 9.53 Å². The summed E-state index contributed by atoms with van der Waals surface area (Å²) in [5.41, 5.74) is 2.08. The summed E-state index contributed by atoms with van der Waals surface area (Å²) in [6.07, 6.45) is 4.85. The second kappa shape index (κ2) is 7.55. The molecule has 0 spiro atoms. The molecule has 1 aliphatic heterocycles. The molecular weight excluding hydrogens is 288 g/mol.